The van der Waals surface area contributed by atoms with Crippen LogP contribution in [0.15, 0.2) is 47.4 Å². The summed E-state index contributed by atoms with van der Waals surface area (Å²) in [7, 11) is -2.08. The van der Waals surface area contributed by atoms with E-state index < -0.39 is 21.7 Å². The minimum absolute atomic E-state index is 0.101. The maximum absolute atomic E-state index is 13.1. The van der Waals surface area contributed by atoms with E-state index in [9.17, 15) is 17.6 Å². The summed E-state index contributed by atoms with van der Waals surface area (Å²) in [5, 5.41) is 2.49. The van der Waals surface area contributed by atoms with Crippen molar-refractivity contribution in [1.82, 2.24) is 4.31 Å². The highest BCUT2D eigenvalue weighted by Gasteiger charge is 2.22. The number of hydrogen-bond donors (Lipinski definition) is 1. The molecule has 0 unspecified atom stereocenters. The number of carbonyl (C=O) groups is 1. The predicted molar refractivity (Wildman–Crippen MR) is 102 cm³/mol. The first-order valence-corrected chi connectivity index (χ1v) is 9.89. The van der Waals surface area contributed by atoms with Crippen LogP contribution in [-0.4, -0.2) is 38.3 Å². The molecule has 0 fully saturated rings. The minimum Gasteiger partial charge on any atom is -0.484 e. The van der Waals surface area contributed by atoms with E-state index in [1.54, 1.807) is 13.8 Å². The summed E-state index contributed by atoms with van der Waals surface area (Å²) in [4.78, 5) is 12.1. The zero-order valence-electron chi connectivity index (χ0n) is 15.1. The highest BCUT2D eigenvalue weighted by molar-refractivity contribution is 7.89. The quantitative estimate of drug-likeness (QED) is 0.752. The van der Waals surface area contributed by atoms with Gasteiger partial charge in [-0.05, 0) is 50.2 Å². The van der Waals surface area contributed by atoms with E-state index >= 15 is 0 Å². The summed E-state index contributed by atoms with van der Waals surface area (Å²) in [6, 6.07) is 9.43. The summed E-state index contributed by atoms with van der Waals surface area (Å²) in [5.74, 6) is -0.772. The Morgan fingerprint density at radius 3 is 2.41 bits per heavy atom. The van der Waals surface area contributed by atoms with Crippen molar-refractivity contribution in [2.75, 3.05) is 19.0 Å². The van der Waals surface area contributed by atoms with E-state index in [1.807, 2.05) is 0 Å². The molecule has 0 bridgehead atoms. The van der Waals surface area contributed by atoms with Gasteiger partial charge in [0.2, 0.25) is 10.0 Å². The van der Waals surface area contributed by atoms with Crippen LogP contribution in [-0.2, 0) is 14.8 Å². The summed E-state index contributed by atoms with van der Waals surface area (Å²) in [6.45, 7) is 3.25. The second kappa shape index (κ2) is 8.69. The van der Waals surface area contributed by atoms with Gasteiger partial charge in [-0.15, -0.1) is 0 Å². The number of benzene rings is 2. The molecule has 0 aliphatic heterocycles. The number of carbonyl (C=O) groups excluding carboxylic acids is 1. The molecule has 0 aromatic heterocycles. The molecule has 0 heterocycles. The van der Waals surface area contributed by atoms with Crippen LogP contribution in [0.5, 0.6) is 5.75 Å². The second-order valence-corrected chi connectivity index (χ2v) is 8.46. The molecular weight excluding hydrogens is 395 g/mol. The van der Waals surface area contributed by atoms with Crippen molar-refractivity contribution >= 4 is 33.2 Å². The number of amides is 1. The Morgan fingerprint density at radius 2 is 1.85 bits per heavy atom. The average Bonchev–Trinajstić information content (AvgIpc) is 2.62. The highest BCUT2D eigenvalue weighted by Crippen LogP contribution is 2.21. The molecule has 1 amide bonds. The van der Waals surface area contributed by atoms with Gasteiger partial charge in [-0.1, -0.05) is 11.6 Å². The van der Waals surface area contributed by atoms with Gasteiger partial charge < -0.3 is 10.1 Å². The molecule has 0 radical (unpaired) electrons. The first kappa shape index (κ1) is 21.1. The van der Waals surface area contributed by atoms with E-state index in [0.717, 1.165) is 6.07 Å². The fraction of sp³-hybridized carbons (Fsp3) is 0.278. The first-order valence-electron chi connectivity index (χ1n) is 8.07. The Kier molecular flexibility index (Phi) is 6.80. The SMILES string of the molecule is CC(C)N(C)S(=O)(=O)c1ccc(NC(=O)COc2ccc(F)c(Cl)c2)cc1. The maximum atomic E-state index is 13.1. The van der Waals surface area contributed by atoms with Gasteiger partial charge in [0.1, 0.15) is 11.6 Å². The zero-order valence-corrected chi connectivity index (χ0v) is 16.6. The van der Waals surface area contributed by atoms with Gasteiger partial charge in [0.15, 0.2) is 6.61 Å². The Balaban J connectivity index is 1.97. The topological polar surface area (TPSA) is 75.7 Å². The van der Waals surface area contributed by atoms with Crippen molar-refractivity contribution in [3.05, 3.63) is 53.3 Å². The number of hydrogen-bond acceptors (Lipinski definition) is 4. The minimum atomic E-state index is -3.58. The van der Waals surface area contributed by atoms with Gasteiger partial charge in [0.25, 0.3) is 5.91 Å². The Labute approximate surface area is 162 Å². The average molecular weight is 415 g/mol. The third-order valence-electron chi connectivity index (χ3n) is 3.80. The largest absolute Gasteiger partial charge is 0.484 e. The van der Waals surface area contributed by atoms with Gasteiger partial charge >= 0.3 is 0 Å². The third kappa shape index (κ3) is 5.41. The first-order chi connectivity index (χ1) is 12.6. The van der Waals surface area contributed by atoms with Crippen molar-refractivity contribution < 1.29 is 22.3 Å². The van der Waals surface area contributed by atoms with Crippen molar-refractivity contribution in [1.29, 1.82) is 0 Å². The number of nitrogens with one attached hydrogen (secondary N) is 1. The Morgan fingerprint density at radius 1 is 1.22 bits per heavy atom. The van der Waals surface area contributed by atoms with Crippen LogP contribution in [0, 0.1) is 5.82 Å². The lowest BCUT2D eigenvalue weighted by atomic mass is 10.3. The van der Waals surface area contributed by atoms with Gasteiger partial charge in [0, 0.05) is 24.8 Å². The van der Waals surface area contributed by atoms with E-state index in [0.29, 0.717) is 5.69 Å². The molecule has 2 rings (SSSR count). The number of nitrogens with zero attached hydrogens (tertiary/aromatic N) is 1. The van der Waals surface area contributed by atoms with Crippen LogP contribution in [0.2, 0.25) is 5.02 Å². The number of anilines is 1. The second-order valence-electron chi connectivity index (χ2n) is 6.05. The molecule has 0 saturated heterocycles. The Hall–Kier alpha value is -2.16. The molecule has 27 heavy (non-hydrogen) atoms. The lowest BCUT2D eigenvalue weighted by Crippen LogP contribution is -2.33. The van der Waals surface area contributed by atoms with Gasteiger partial charge in [0.05, 0.1) is 9.92 Å². The molecule has 9 heteroatoms. The standard InChI is InChI=1S/C18H20ClFN2O4S/c1-12(2)22(3)27(24,25)15-7-4-13(5-8-15)21-18(23)11-26-14-6-9-17(20)16(19)10-14/h4-10,12H,11H2,1-3H3,(H,21,23). The molecule has 0 spiro atoms. The van der Waals surface area contributed by atoms with Crippen LogP contribution in [0.1, 0.15) is 13.8 Å². The van der Waals surface area contributed by atoms with Crippen molar-refractivity contribution in [2.24, 2.45) is 0 Å². The molecule has 146 valence electrons. The number of sulfonamides is 1. The number of rotatable bonds is 7. The lowest BCUT2D eigenvalue weighted by Gasteiger charge is -2.21. The molecule has 6 nitrogen and oxygen atoms in total. The van der Waals surface area contributed by atoms with E-state index in [4.69, 9.17) is 16.3 Å². The molecule has 0 aliphatic carbocycles. The molecule has 1 N–H and O–H groups in total. The van der Waals surface area contributed by atoms with Crippen molar-refractivity contribution in [2.45, 2.75) is 24.8 Å². The molecule has 2 aromatic carbocycles. The number of ether oxygens (including phenoxy) is 1. The molecule has 0 saturated carbocycles. The lowest BCUT2D eigenvalue weighted by molar-refractivity contribution is -0.118. The van der Waals surface area contributed by atoms with Crippen LogP contribution < -0.4 is 10.1 Å². The van der Waals surface area contributed by atoms with E-state index in [-0.39, 0.29) is 28.3 Å². The Bertz CT molecular complexity index is 917. The van der Waals surface area contributed by atoms with Gasteiger partial charge in [-0.2, -0.15) is 4.31 Å². The van der Waals surface area contributed by atoms with E-state index in [2.05, 4.69) is 5.32 Å². The zero-order chi connectivity index (χ0) is 20.2. The smallest absolute Gasteiger partial charge is 0.262 e. The van der Waals surface area contributed by atoms with Crippen LogP contribution in [0.25, 0.3) is 0 Å². The molecule has 0 aliphatic rings. The molecular formula is C18H20ClFN2O4S. The summed E-state index contributed by atoms with van der Waals surface area (Å²) < 4.78 is 44.4. The van der Waals surface area contributed by atoms with E-state index in [1.165, 1.54) is 47.8 Å². The highest BCUT2D eigenvalue weighted by atomic mass is 35.5. The maximum Gasteiger partial charge on any atom is 0.262 e. The summed E-state index contributed by atoms with van der Waals surface area (Å²) >= 11 is 5.64. The van der Waals surface area contributed by atoms with Crippen LogP contribution in [0.3, 0.4) is 0 Å². The summed E-state index contributed by atoms with van der Waals surface area (Å²) in [5.41, 5.74) is 0.423. The normalized spacial score (nSPS) is 11.7. The fourth-order valence-electron chi connectivity index (χ4n) is 2.07. The van der Waals surface area contributed by atoms with Gasteiger partial charge in [-0.3, -0.25) is 4.79 Å². The van der Waals surface area contributed by atoms with Crippen molar-refractivity contribution in [3.63, 3.8) is 0 Å². The fourth-order valence-corrected chi connectivity index (χ4v) is 3.60. The van der Waals surface area contributed by atoms with Crippen LogP contribution in [0.4, 0.5) is 10.1 Å². The monoisotopic (exact) mass is 414 g/mol. The predicted octanol–water partition coefficient (Wildman–Crippen LogP) is 3.53. The van der Waals surface area contributed by atoms with Crippen molar-refractivity contribution in [3.8, 4) is 5.75 Å². The number of halogens is 2. The third-order valence-corrected chi connectivity index (χ3v) is 6.14. The molecule has 0 atom stereocenters. The van der Waals surface area contributed by atoms with Gasteiger partial charge in [-0.25, -0.2) is 12.8 Å². The summed E-state index contributed by atoms with van der Waals surface area (Å²) in [6.07, 6.45) is 0. The van der Waals surface area contributed by atoms with Crippen LogP contribution >= 0.6 is 11.6 Å². The molecule has 2 aromatic rings.